The number of nitrogens with zero attached hydrogens (tertiary/aromatic N) is 1. The molecule has 0 amide bonds. The summed E-state index contributed by atoms with van der Waals surface area (Å²) in [6, 6.07) is 10.6. The summed E-state index contributed by atoms with van der Waals surface area (Å²) in [7, 11) is 0. The maximum absolute atomic E-state index is 5.97. The fourth-order valence-corrected chi connectivity index (χ4v) is 2.64. The minimum absolute atomic E-state index is 0.0403. The molecule has 1 atom stereocenters. The highest BCUT2D eigenvalue weighted by Crippen LogP contribution is 2.22. The third-order valence-corrected chi connectivity index (χ3v) is 3.80. The van der Waals surface area contributed by atoms with Crippen LogP contribution in [-0.4, -0.2) is 36.6 Å². The number of nitrogens with one attached hydrogen (secondary N) is 1. The van der Waals surface area contributed by atoms with Crippen molar-refractivity contribution in [3.05, 3.63) is 35.9 Å². The minimum Gasteiger partial charge on any atom is -0.329 e. The maximum Gasteiger partial charge on any atom is 0.0581 e. The molecule has 3 N–H and O–H groups in total. The van der Waals surface area contributed by atoms with Crippen molar-refractivity contribution in [3.8, 4) is 11.8 Å². The number of rotatable bonds is 5. The second-order valence-electron chi connectivity index (χ2n) is 5.21. The van der Waals surface area contributed by atoms with E-state index >= 15 is 0 Å². The smallest absolute Gasteiger partial charge is 0.0581 e. The standard InChI is InChI=1S/C16H23N3/c1-2-3-10-18-16(13-17)9-11-19(14-16)12-15-7-5-4-6-8-15/h4-8,18H,9-14,17H2,1H3. The lowest BCUT2D eigenvalue weighted by Gasteiger charge is -2.28. The molecule has 3 heteroatoms. The summed E-state index contributed by atoms with van der Waals surface area (Å²) in [5.74, 6) is 5.98. The molecular formula is C16H23N3. The lowest BCUT2D eigenvalue weighted by atomic mass is 9.99. The average molecular weight is 257 g/mol. The van der Waals surface area contributed by atoms with Gasteiger partial charge in [-0.3, -0.25) is 10.2 Å². The van der Waals surface area contributed by atoms with E-state index in [2.05, 4.69) is 52.4 Å². The van der Waals surface area contributed by atoms with Gasteiger partial charge in [-0.1, -0.05) is 36.3 Å². The van der Waals surface area contributed by atoms with E-state index in [1.165, 1.54) is 5.56 Å². The van der Waals surface area contributed by atoms with E-state index in [1.807, 2.05) is 6.92 Å². The molecule has 0 saturated carbocycles. The number of nitrogens with two attached hydrogens (primary N) is 1. The predicted molar refractivity (Wildman–Crippen MR) is 79.6 cm³/mol. The van der Waals surface area contributed by atoms with E-state index in [0.29, 0.717) is 6.54 Å². The van der Waals surface area contributed by atoms with Crippen molar-refractivity contribution in [1.29, 1.82) is 0 Å². The van der Waals surface area contributed by atoms with Crippen LogP contribution in [0.3, 0.4) is 0 Å². The van der Waals surface area contributed by atoms with Crippen molar-refractivity contribution in [2.24, 2.45) is 5.73 Å². The van der Waals surface area contributed by atoms with Crippen molar-refractivity contribution in [1.82, 2.24) is 10.2 Å². The molecule has 1 aliphatic heterocycles. The molecule has 1 aliphatic rings. The molecule has 1 unspecified atom stereocenters. The summed E-state index contributed by atoms with van der Waals surface area (Å²) < 4.78 is 0. The first-order chi connectivity index (χ1) is 9.28. The molecule has 1 aromatic rings. The Bertz CT molecular complexity index is 446. The van der Waals surface area contributed by atoms with Crippen LogP contribution in [0.1, 0.15) is 18.9 Å². The van der Waals surface area contributed by atoms with Crippen LogP contribution >= 0.6 is 0 Å². The third-order valence-electron chi connectivity index (χ3n) is 3.80. The fraction of sp³-hybridized carbons (Fsp3) is 0.500. The molecule has 19 heavy (non-hydrogen) atoms. The molecule has 0 spiro atoms. The van der Waals surface area contributed by atoms with E-state index in [9.17, 15) is 0 Å². The van der Waals surface area contributed by atoms with Crippen molar-refractivity contribution < 1.29 is 0 Å². The fourth-order valence-electron chi connectivity index (χ4n) is 2.64. The summed E-state index contributed by atoms with van der Waals surface area (Å²) in [5, 5.41) is 3.52. The summed E-state index contributed by atoms with van der Waals surface area (Å²) >= 11 is 0. The van der Waals surface area contributed by atoms with Crippen molar-refractivity contribution in [3.63, 3.8) is 0 Å². The highest BCUT2D eigenvalue weighted by molar-refractivity contribution is 5.15. The van der Waals surface area contributed by atoms with Crippen molar-refractivity contribution in [2.45, 2.75) is 25.4 Å². The van der Waals surface area contributed by atoms with E-state index < -0.39 is 0 Å². The van der Waals surface area contributed by atoms with Gasteiger partial charge in [0.05, 0.1) is 6.54 Å². The topological polar surface area (TPSA) is 41.3 Å². The van der Waals surface area contributed by atoms with Crippen LogP contribution in [0.25, 0.3) is 0 Å². The number of benzene rings is 1. The lowest BCUT2D eigenvalue weighted by molar-refractivity contribution is 0.283. The van der Waals surface area contributed by atoms with Gasteiger partial charge >= 0.3 is 0 Å². The van der Waals surface area contributed by atoms with Crippen molar-refractivity contribution in [2.75, 3.05) is 26.2 Å². The molecule has 1 fully saturated rings. The van der Waals surface area contributed by atoms with Crippen LogP contribution < -0.4 is 11.1 Å². The van der Waals surface area contributed by atoms with Crippen molar-refractivity contribution >= 4 is 0 Å². The second kappa shape index (κ2) is 6.72. The highest BCUT2D eigenvalue weighted by Gasteiger charge is 2.36. The van der Waals surface area contributed by atoms with Gasteiger partial charge in [0.2, 0.25) is 0 Å². The first kappa shape index (κ1) is 14.1. The summed E-state index contributed by atoms with van der Waals surface area (Å²) in [5.41, 5.74) is 7.37. The molecule has 2 rings (SSSR count). The van der Waals surface area contributed by atoms with Gasteiger partial charge in [0.25, 0.3) is 0 Å². The van der Waals surface area contributed by atoms with Gasteiger partial charge in [0.15, 0.2) is 0 Å². The molecule has 0 aromatic heterocycles. The maximum atomic E-state index is 5.97. The van der Waals surface area contributed by atoms with Crippen LogP contribution in [0.4, 0.5) is 0 Å². The number of likely N-dealkylation sites (tertiary alicyclic amines) is 1. The molecule has 0 bridgehead atoms. The summed E-state index contributed by atoms with van der Waals surface area (Å²) in [4.78, 5) is 2.47. The molecule has 1 heterocycles. The quantitative estimate of drug-likeness (QED) is 0.779. The van der Waals surface area contributed by atoms with Gasteiger partial charge in [0.1, 0.15) is 0 Å². The zero-order chi connectivity index (χ0) is 13.6. The van der Waals surface area contributed by atoms with Crippen LogP contribution in [-0.2, 0) is 6.54 Å². The summed E-state index contributed by atoms with van der Waals surface area (Å²) in [6.07, 6.45) is 1.10. The first-order valence-electron chi connectivity index (χ1n) is 6.89. The molecule has 102 valence electrons. The Morgan fingerprint density at radius 2 is 2.16 bits per heavy atom. The van der Waals surface area contributed by atoms with Crippen LogP contribution in [0.5, 0.6) is 0 Å². The highest BCUT2D eigenvalue weighted by atomic mass is 15.2. The van der Waals surface area contributed by atoms with Crippen LogP contribution in [0.2, 0.25) is 0 Å². The van der Waals surface area contributed by atoms with Gasteiger partial charge < -0.3 is 5.73 Å². The molecule has 0 aliphatic carbocycles. The SMILES string of the molecule is CC#CCNC1(CN)CCN(Cc2ccccc2)C1. The van der Waals surface area contributed by atoms with E-state index in [1.54, 1.807) is 0 Å². The van der Waals surface area contributed by atoms with Gasteiger partial charge in [-0.25, -0.2) is 0 Å². The predicted octanol–water partition coefficient (Wildman–Crippen LogP) is 1.20. The van der Waals surface area contributed by atoms with Gasteiger partial charge in [-0.05, 0) is 18.9 Å². The summed E-state index contributed by atoms with van der Waals surface area (Å²) in [6.45, 7) is 6.37. The lowest BCUT2D eigenvalue weighted by Crippen LogP contribution is -2.53. The molecule has 1 saturated heterocycles. The molecule has 1 aromatic carbocycles. The van der Waals surface area contributed by atoms with Crippen LogP contribution in [0.15, 0.2) is 30.3 Å². The Morgan fingerprint density at radius 1 is 1.37 bits per heavy atom. The van der Waals surface area contributed by atoms with E-state index in [4.69, 9.17) is 5.73 Å². The molecule has 0 radical (unpaired) electrons. The Morgan fingerprint density at radius 3 is 2.84 bits per heavy atom. The van der Waals surface area contributed by atoms with E-state index in [-0.39, 0.29) is 5.54 Å². The zero-order valence-electron chi connectivity index (χ0n) is 11.7. The first-order valence-corrected chi connectivity index (χ1v) is 6.89. The van der Waals surface area contributed by atoms with Gasteiger partial charge in [0, 0.05) is 31.7 Å². The van der Waals surface area contributed by atoms with Crippen LogP contribution in [0, 0.1) is 11.8 Å². The second-order valence-corrected chi connectivity index (χ2v) is 5.21. The monoisotopic (exact) mass is 257 g/mol. The Labute approximate surface area is 116 Å². The normalized spacial score (nSPS) is 23.1. The largest absolute Gasteiger partial charge is 0.329 e. The third kappa shape index (κ3) is 3.81. The Hall–Kier alpha value is -1.34. The minimum atomic E-state index is 0.0403. The van der Waals surface area contributed by atoms with Gasteiger partial charge in [-0.15, -0.1) is 5.92 Å². The van der Waals surface area contributed by atoms with Gasteiger partial charge in [-0.2, -0.15) is 0 Å². The van der Waals surface area contributed by atoms with E-state index in [0.717, 1.165) is 32.6 Å². The zero-order valence-corrected chi connectivity index (χ0v) is 11.7. The average Bonchev–Trinajstić information content (AvgIpc) is 2.84. The number of hydrogen-bond donors (Lipinski definition) is 2. The molecular weight excluding hydrogens is 234 g/mol. The Balaban J connectivity index is 1.91. The Kier molecular flexibility index (Phi) is 4.98. The molecule has 3 nitrogen and oxygen atoms in total. The number of hydrogen-bond acceptors (Lipinski definition) is 3.